The highest BCUT2D eigenvalue weighted by Gasteiger charge is 1.92. The van der Waals surface area contributed by atoms with Crippen LogP contribution in [-0.4, -0.2) is 0 Å². The number of rotatable bonds is 0. The Balaban J connectivity index is 2.73. The highest BCUT2D eigenvalue weighted by atomic mass is 14.6. The standard InChI is InChI=1S/C10H15N/c1-9-6-4-2-3-5-7-10(11)8-9/h2,4,6,8H,3,5,7,11H2,1H3/b4-2-,9-6?,10-8?. The number of nitrogens with two attached hydrogens (primary N) is 1. The lowest BCUT2D eigenvalue weighted by Gasteiger charge is -1.97. The van der Waals surface area contributed by atoms with E-state index < -0.39 is 0 Å². The molecular formula is C10H15N. The molecule has 0 heterocycles. The maximum absolute atomic E-state index is 5.76. The fourth-order valence-corrected chi connectivity index (χ4v) is 1.15. The van der Waals surface area contributed by atoms with Gasteiger partial charge in [0.15, 0.2) is 0 Å². The van der Waals surface area contributed by atoms with Crippen LogP contribution in [0.15, 0.2) is 35.6 Å². The highest BCUT2D eigenvalue weighted by Crippen LogP contribution is 2.08. The van der Waals surface area contributed by atoms with Crippen molar-refractivity contribution in [1.82, 2.24) is 0 Å². The Labute approximate surface area is 68.3 Å². The molecule has 0 spiro atoms. The Hall–Kier alpha value is -0.980. The minimum absolute atomic E-state index is 1.00. The lowest BCUT2D eigenvalue weighted by molar-refractivity contribution is 0.824. The molecule has 1 rings (SSSR count). The zero-order valence-electron chi connectivity index (χ0n) is 7.01. The third kappa shape index (κ3) is 3.08. The van der Waals surface area contributed by atoms with Crippen molar-refractivity contribution in [3.63, 3.8) is 0 Å². The van der Waals surface area contributed by atoms with Crippen LogP contribution in [0.1, 0.15) is 26.2 Å². The molecule has 60 valence electrons. The molecule has 0 atom stereocenters. The van der Waals surface area contributed by atoms with E-state index in [0.29, 0.717) is 0 Å². The van der Waals surface area contributed by atoms with E-state index in [2.05, 4.69) is 31.2 Å². The van der Waals surface area contributed by atoms with Crippen molar-refractivity contribution in [1.29, 1.82) is 0 Å². The summed E-state index contributed by atoms with van der Waals surface area (Å²) in [4.78, 5) is 0. The first-order valence-electron chi connectivity index (χ1n) is 4.08. The molecule has 0 fully saturated rings. The number of allylic oxidation sites excluding steroid dienone is 6. The van der Waals surface area contributed by atoms with E-state index in [4.69, 9.17) is 5.73 Å². The molecule has 0 aromatic heterocycles. The van der Waals surface area contributed by atoms with Crippen molar-refractivity contribution in [2.75, 3.05) is 0 Å². The van der Waals surface area contributed by atoms with Crippen LogP contribution in [0.4, 0.5) is 0 Å². The summed E-state index contributed by atoms with van der Waals surface area (Å²) in [5.41, 5.74) is 8.00. The Bertz CT molecular complexity index is 209. The van der Waals surface area contributed by atoms with E-state index in [9.17, 15) is 0 Å². The van der Waals surface area contributed by atoms with E-state index in [0.717, 1.165) is 18.5 Å². The summed E-state index contributed by atoms with van der Waals surface area (Å²) < 4.78 is 0. The van der Waals surface area contributed by atoms with Gasteiger partial charge in [0.2, 0.25) is 0 Å². The van der Waals surface area contributed by atoms with Crippen molar-refractivity contribution in [3.05, 3.63) is 35.6 Å². The molecule has 1 nitrogen and oxygen atoms in total. The lowest BCUT2D eigenvalue weighted by atomic mass is 10.2. The van der Waals surface area contributed by atoms with Gasteiger partial charge in [0.25, 0.3) is 0 Å². The predicted molar refractivity (Wildman–Crippen MR) is 49.0 cm³/mol. The van der Waals surface area contributed by atoms with E-state index >= 15 is 0 Å². The van der Waals surface area contributed by atoms with Gasteiger partial charge in [-0.25, -0.2) is 0 Å². The van der Waals surface area contributed by atoms with Crippen LogP contribution in [0.3, 0.4) is 0 Å². The van der Waals surface area contributed by atoms with Crippen LogP contribution in [0, 0.1) is 0 Å². The van der Waals surface area contributed by atoms with E-state index in [-0.39, 0.29) is 0 Å². The van der Waals surface area contributed by atoms with Gasteiger partial charge in [-0.15, -0.1) is 0 Å². The third-order valence-corrected chi connectivity index (χ3v) is 1.74. The fraction of sp³-hybridized carbons (Fsp3) is 0.400. The van der Waals surface area contributed by atoms with Gasteiger partial charge in [-0.2, -0.15) is 0 Å². The number of hydrogen-bond donors (Lipinski definition) is 1. The first-order valence-corrected chi connectivity index (χ1v) is 4.08. The second kappa shape index (κ2) is 4.02. The first kappa shape index (κ1) is 8.12. The molecule has 0 unspecified atom stereocenters. The molecule has 1 aliphatic rings. The van der Waals surface area contributed by atoms with Crippen molar-refractivity contribution in [3.8, 4) is 0 Å². The zero-order valence-corrected chi connectivity index (χ0v) is 7.01. The van der Waals surface area contributed by atoms with Crippen molar-refractivity contribution in [2.45, 2.75) is 26.2 Å². The maximum Gasteiger partial charge on any atom is 0.00832 e. The molecule has 11 heavy (non-hydrogen) atoms. The smallest absolute Gasteiger partial charge is 0.00832 e. The molecule has 0 saturated heterocycles. The molecule has 0 saturated carbocycles. The summed E-state index contributed by atoms with van der Waals surface area (Å²) in [6.07, 6.45) is 11.8. The van der Waals surface area contributed by atoms with Gasteiger partial charge in [0.05, 0.1) is 0 Å². The summed E-state index contributed by atoms with van der Waals surface area (Å²) >= 11 is 0. The Kier molecular flexibility index (Phi) is 2.96. The average Bonchev–Trinajstić information content (AvgIpc) is 2.02. The predicted octanol–water partition coefficient (Wildman–Crippen LogP) is 2.52. The quantitative estimate of drug-likeness (QED) is 0.562. The molecule has 0 amide bonds. The monoisotopic (exact) mass is 149 g/mol. The maximum atomic E-state index is 5.76. The van der Waals surface area contributed by atoms with Crippen LogP contribution in [-0.2, 0) is 0 Å². The SMILES string of the molecule is CC1=C/C=C\CCCC(N)=C1. The second-order valence-corrected chi connectivity index (χ2v) is 2.95. The van der Waals surface area contributed by atoms with Crippen LogP contribution in [0.25, 0.3) is 0 Å². The lowest BCUT2D eigenvalue weighted by Crippen LogP contribution is -1.96. The van der Waals surface area contributed by atoms with Gasteiger partial charge >= 0.3 is 0 Å². The van der Waals surface area contributed by atoms with Gasteiger partial charge in [0, 0.05) is 5.70 Å². The minimum atomic E-state index is 1.00. The molecule has 0 aliphatic heterocycles. The normalized spacial score (nSPS) is 22.3. The summed E-state index contributed by atoms with van der Waals surface area (Å²) in [6, 6.07) is 0. The molecule has 1 aliphatic carbocycles. The van der Waals surface area contributed by atoms with E-state index in [1.165, 1.54) is 12.0 Å². The Morgan fingerprint density at radius 2 is 2.27 bits per heavy atom. The van der Waals surface area contributed by atoms with Gasteiger partial charge in [-0.3, -0.25) is 0 Å². The van der Waals surface area contributed by atoms with Crippen molar-refractivity contribution in [2.24, 2.45) is 5.73 Å². The van der Waals surface area contributed by atoms with Crippen LogP contribution >= 0.6 is 0 Å². The molecule has 0 radical (unpaired) electrons. The molecular weight excluding hydrogens is 134 g/mol. The largest absolute Gasteiger partial charge is 0.402 e. The Morgan fingerprint density at radius 3 is 3.09 bits per heavy atom. The van der Waals surface area contributed by atoms with Crippen LogP contribution < -0.4 is 5.73 Å². The molecule has 2 N–H and O–H groups in total. The number of hydrogen-bond acceptors (Lipinski definition) is 1. The first-order chi connectivity index (χ1) is 5.29. The van der Waals surface area contributed by atoms with Gasteiger partial charge in [0.1, 0.15) is 0 Å². The minimum Gasteiger partial charge on any atom is -0.402 e. The van der Waals surface area contributed by atoms with Crippen molar-refractivity contribution >= 4 is 0 Å². The highest BCUT2D eigenvalue weighted by molar-refractivity contribution is 5.25. The third-order valence-electron chi connectivity index (χ3n) is 1.74. The van der Waals surface area contributed by atoms with Gasteiger partial charge in [-0.1, -0.05) is 18.2 Å². The van der Waals surface area contributed by atoms with E-state index in [1.807, 2.05) is 0 Å². The van der Waals surface area contributed by atoms with Gasteiger partial charge in [-0.05, 0) is 37.8 Å². The zero-order chi connectivity index (χ0) is 8.10. The Morgan fingerprint density at radius 1 is 1.45 bits per heavy atom. The summed E-state index contributed by atoms with van der Waals surface area (Å²) in [5, 5.41) is 0. The summed E-state index contributed by atoms with van der Waals surface area (Å²) in [6.45, 7) is 2.07. The van der Waals surface area contributed by atoms with Crippen LogP contribution in [0.2, 0.25) is 0 Å². The topological polar surface area (TPSA) is 26.0 Å². The van der Waals surface area contributed by atoms with Crippen LogP contribution in [0.5, 0.6) is 0 Å². The molecule has 1 heteroatoms. The molecule has 0 aromatic carbocycles. The van der Waals surface area contributed by atoms with Gasteiger partial charge < -0.3 is 5.73 Å². The molecule has 0 aromatic rings. The fourth-order valence-electron chi connectivity index (χ4n) is 1.15. The summed E-state index contributed by atoms with van der Waals surface area (Å²) in [7, 11) is 0. The van der Waals surface area contributed by atoms with E-state index in [1.54, 1.807) is 0 Å². The molecule has 0 bridgehead atoms. The second-order valence-electron chi connectivity index (χ2n) is 2.95. The average molecular weight is 149 g/mol. The van der Waals surface area contributed by atoms with Crippen molar-refractivity contribution < 1.29 is 0 Å². The summed E-state index contributed by atoms with van der Waals surface area (Å²) in [5.74, 6) is 0.